The van der Waals surface area contributed by atoms with Crippen molar-refractivity contribution in [1.82, 2.24) is 0 Å². The Morgan fingerprint density at radius 1 is 1.38 bits per heavy atom. The van der Waals surface area contributed by atoms with Crippen LogP contribution in [-0.2, 0) is 0 Å². The Hall–Kier alpha value is -1.77. The molecule has 0 aromatic heterocycles. The number of aromatic carboxylic acids is 1. The Labute approximate surface area is 94.8 Å². The van der Waals surface area contributed by atoms with Gasteiger partial charge in [-0.05, 0) is 32.4 Å². The molecule has 3 nitrogen and oxygen atoms in total. The van der Waals surface area contributed by atoms with Crippen molar-refractivity contribution in [1.29, 1.82) is 0 Å². The summed E-state index contributed by atoms with van der Waals surface area (Å²) < 4.78 is 0. The number of hydrogen-bond donors (Lipinski definition) is 2. The quantitative estimate of drug-likeness (QED) is 0.760. The zero-order valence-electron chi connectivity index (χ0n) is 9.66. The smallest absolute Gasteiger partial charge is 0.337 e. The zero-order chi connectivity index (χ0) is 11.9. The van der Waals surface area contributed by atoms with Gasteiger partial charge in [-0.1, -0.05) is 18.2 Å². The highest BCUT2D eigenvalue weighted by Crippen LogP contribution is 2.35. The summed E-state index contributed by atoms with van der Waals surface area (Å²) in [5.74, 6) is -0.894. The third kappa shape index (κ3) is 1.69. The number of carboxylic acids is 1. The summed E-state index contributed by atoms with van der Waals surface area (Å²) in [6.07, 6.45) is 2.11. The molecule has 2 rings (SSSR count). The first kappa shape index (κ1) is 10.7. The summed E-state index contributed by atoms with van der Waals surface area (Å²) in [5, 5.41) is 12.4. The molecule has 0 fully saturated rings. The Balaban J connectivity index is 2.65. The number of fused-ring (bicyclic) bond motifs is 1. The highest BCUT2D eigenvalue weighted by atomic mass is 16.4. The van der Waals surface area contributed by atoms with Crippen molar-refractivity contribution in [3.05, 3.63) is 35.4 Å². The molecule has 0 unspecified atom stereocenters. The third-order valence-electron chi connectivity index (χ3n) is 2.74. The Bertz CT molecular complexity index is 487. The van der Waals surface area contributed by atoms with E-state index in [0.29, 0.717) is 5.56 Å². The van der Waals surface area contributed by atoms with E-state index in [2.05, 4.69) is 11.4 Å². The lowest BCUT2D eigenvalue weighted by Gasteiger charge is -2.32. The van der Waals surface area contributed by atoms with E-state index in [9.17, 15) is 4.79 Å². The number of carboxylic acid groups (broad SMARTS) is 1. The van der Waals surface area contributed by atoms with Crippen LogP contribution < -0.4 is 5.32 Å². The molecule has 3 heteroatoms. The van der Waals surface area contributed by atoms with Crippen molar-refractivity contribution in [2.24, 2.45) is 0 Å². The van der Waals surface area contributed by atoms with Gasteiger partial charge >= 0.3 is 5.97 Å². The predicted octanol–water partition coefficient (Wildman–Crippen LogP) is 2.99. The number of nitrogens with one attached hydrogen (secondary N) is 1. The molecule has 84 valence electrons. The fourth-order valence-electron chi connectivity index (χ4n) is 2.17. The minimum atomic E-state index is -0.894. The molecule has 1 aliphatic rings. The minimum Gasteiger partial charge on any atom is -0.478 e. The SMILES string of the molecule is CC1=CC(C)(C)Nc2c(C(=O)O)cccc21. The lowest BCUT2D eigenvalue weighted by molar-refractivity contribution is 0.0698. The van der Waals surface area contributed by atoms with Crippen LogP contribution in [0.5, 0.6) is 0 Å². The Kier molecular flexibility index (Phi) is 2.26. The molecule has 1 aromatic rings. The van der Waals surface area contributed by atoms with Crippen LogP contribution in [0.4, 0.5) is 5.69 Å². The van der Waals surface area contributed by atoms with Gasteiger partial charge < -0.3 is 10.4 Å². The van der Waals surface area contributed by atoms with Gasteiger partial charge in [0.2, 0.25) is 0 Å². The van der Waals surface area contributed by atoms with Gasteiger partial charge in [-0.25, -0.2) is 4.79 Å². The van der Waals surface area contributed by atoms with Crippen LogP contribution in [0.2, 0.25) is 0 Å². The summed E-state index contributed by atoms with van der Waals surface area (Å²) in [4.78, 5) is 11.1. The van der Waals surface area contributed by atoms with Gasteiger partial charge in [-0.3, -0.25) is 0 Å². The van der Waals surface area contributed by atoms with Gasteiger partial charge in [0, 0.05) is 5.56 Å². The number of hydrogen-bond acceptors (Lipinski definition) is 2. The molecule has 0 saturated heterocycles. The summed E-state index contributed by atoms with van der Waals surface area (Å²) in [5.41, 5.74) is 2.93. The molecule has 0 bridgehead atoms. The van der Waals surface area contributed by atoms with Gasteiger partial charge in [0.15, 0.2) is 0 Å². The van der Waals surface area contributed by atoms with Crippen LogP contribution >= 0.6 is 0 Å². The van der Waals surface area contributed by atoms with Gasteiger partial charge in [0.05, 0.1) is 16.8 Å². The second-order valence-electron chi connectivity index (χ2n) is 4.71. The summed E-state index contributed by atoms with van der Waals surface area (Å²) in [7, 11) is 0. The molecule has 2 N–H and O–H groups in total. The maximum Gasteiger partial charge on any atom is 0.337 e. The van der Waals surface area contributed by atoms with Crippen molar-refractivity contribution in [2.75, 3.05) is 5.32 Å². The zero-order valence-corrected chi connectivity index (χ0v) is 9.66. The van der Waals surface area contributed by atoms with Crippen LogP contribution in [0, 0.1) is 0 Å². The van der Waals surface area contributed by atoms with Gasteiger partial charge in [-0.2, -0.15) is 0 Å². The van der Waals surface area contributed by atoms with Crippen molar-refractivity contribution in [2.45, 2.75) is 26.3 Å². The predicted molar refractivity (Wildman–Crippen MR) is 64.8 cm³/mol. The molecular formula is C13H15NO2. The number of rotatable bonds is 1. The highest BCUT2D eigenvalue weighted by Gasteiger charge is 2.25. The fraction of sp³-hybridized carbons (Fsp3) is 0.308. The van der Waals surface area contributed by atoms with E-state index in [1.54, 1.807) is 12.1 Å². The standard InChI is InChI=1S/C13H15NO2/c1-8-7-13(2,3)14-11-9(8)5-4-6-10(11)12(15)16/h4-7,14H,1-3H3,(H,15,16). The van der Waals surface area contributed by atoms with Gasteiger partial charge in [0.25, 0.3) is 0 Å². The summed E-state index contributed by atoms with van der Waals surface area (Å²) in [6.45, 7) is 6.06. The lowest BCUT2D eigenvalue weighted by Crippen LogP contribution is -2.32. The summed E-state index contributed by atoms with van der Waals surface area (Å²) >= 11 is 0. The average Bonchev–Trinajstić information content (AvgIpc) is 2.14. The van der Waals surface area contributed by atoms with E-state index in [0.717, 1.165) is 16.8 Å². The second kappa shape index (κ2) is 3.37. The first-order valence-electron chi connectivity index (χ1n) is 5.25. The van der Waals surface area contributed by atoms with E-state index in [-0.39, 0.29) is 5.54 Å². The molecule has 0 spiro atoms. The van der Waals surface area contributed by atoms with Crippen molar-refractivity contribution < 1.29 is 9.90 Å². The molecule has 1 aliphatic heterocycles. The van der Waals surface area contributed by atoms with Crippen LogP contribution in [0.25, 0.3) is 5.57 Å². The molecule has 0 atom stereocenters. The average molecular weight is 217 g/mol. The first-order chi connectivity index (χ1) is 7.41. The molecule has 16 heavy (non-hydrogen) atoms. The number of anilines is 1. The van der Waals surface area contributed by atoms with Crippen LogP contribution in [0.1, 0.15) is 36.7 Å². The molecule has 0 radical (unpaired) electrons. The number of benzene rings is 1. The van der Waals surface area contributed by atoms with Crippen LogP contribution in [0.3, 0.4) is 0 Å². The number of para-hydroxylation sites is 1. The van der Waals surface area contributed by atoms with E-state index in [1.165, 1.54) is 0 Å². The molecule has 0 amide bonds. The van der Waals surface area contributed by atoms with Crippen molar-refractivity contribution in [3.63, 3.8) is 0 Å². The third-order valence-corrected chi connectivity index (χ3v) is 2.74. The van der Waals surface area contributed by atoms with Gasteiger partial charge in [0.1, 0.15) is 0 Å². The molecular weight excluding hydrogens is 202 g/mol. The topological polar surface area (TPSA) is 49.3 Å². The minimum absolute atomic E-state index is 0.206. The summed E-state index contributed by atoms with van der Waals surface area (Å²) in [6, 6.07) is 5.35. The highest BCUT2D eigenvalue weighted by molar-refractivity contribution is 5.98. The number of allylic oxidation sites excluding steroid dienone is 1. The maximum absolute atomic E-state index is 11.1. The molecule has 0 aliphatic carbocycles. The van der Waals surface area contributed by atoms with E-state index < -0.39 is 5.97 Å². The Morgan fingerprint density at radius 2 is 2.06 bits per heavy atom. The van der Waals surface area contributed by atoms with E-state index >= 15 is 0 Å². The Morgan fingerprint density at radius 3 is 2.69 bits per heavy atom. The second-order valence-corrected chi connectivity index (χ2v) is 4.71. The van der Waals surface area contributed by atoms with Crippen LogP contribution in [-0.4, -0.2) is 16.6 Å². The van der Waals surface area contributed by atoms with Gasteiger partial charge in [-0.15, -0.1) is 0 Å². The largest absolute Gasteiger partial charge is 0.478 e. The van der Waals surface area contributed by atoms with E-state index in [4.69, 9.17) is 5.11 Å². The number of carbonyl (C=O) groups is 1. The first-order valence-corrected chi connectivity index (χ1v) is 5.25. The van der Waals surface area contributed by atoms with Crippen molar-refractivity contribution in [3.8, 4) is 0 Å². The fourth-order valence-corrected chi connectivity index (χ4v) is 2.17. The molecule has 1 aromatic carbocycles. The van der Waals surface area contributed by atoms with Crippen molar-refractivity contribution >= 4 is 17.2 Å². The lowest BCUT2D eigenvalue weighted by atomic mass is 9.89. The monoisotopic (exact) mass is 217 g/mol. The van der Waals surface area contributed by atoms with Crippen LogP contribution in [0.15, 0.2) is 24.3 Å². The normalized spacial score (nSPS) is 17.1. The maximum atomic E-state index is 11.1. The molecule has 0 saturated carbocycles. The van der Waals surface area contributed by atoms with E-state index in [1.807, 2.05) is 26.8 Å². The molecule has 1 heterocycles.